The number of carbonyl (C=O) groups is 2. The van der Waals surface area contributed by atoms with Crippen LogP contribution >= 0.6 is 0 Å². The molecule has 2 rings (SSSR count). The van der Waals surface area contributed by atoms with E-state index in [1.807, 2.05) is 50.1 Å². The molecule has 0 atom stereocenters. The highest BCUT2D eigenvalue weighted by Crippen LogP contribution is 2.18. The van der Waals surface area contributed by atoms with Crippen molar-refractivity contribution in [2.45, 2.75) is 20.3 Å². The Morgan fingerprint density at radius 3 is 2.54 bits per heavy atom. The highest BCUT2D eigenvalue weighted by Gasteiger charge is 2.12. The fraction of sp³-hybridized carbons (Fsp3) is 0.364. The molecule has 0 fully saturated rings. The summed E-state index contributed by atoms with van der Waals surface area (Å²) in [6.45, 7) is 5.48. The second-order valence-electron chi connectivity index (χ2n) is 6.77. The lowest BCUT2D eigenvalue weighted by atomic mass is 10.1. The number of anilines is 1. The first kappa shape index (κ1) is 21.4. The van der Waals surface area contributed by atoms with Crippen LogP contribution in [0.1, 0.15) is 27.9 Å². The lowest BCUT2D eigenvalue weighted by Crippen LogP contribution is -2.31. The summed E-state index contributed by atoms with van der Waals surface area (Å²) in [6, 6.07) is 13.0. The number of rotatable bonds is 9. The molecular formula is C22H28N2O4. The zero-order valence-electron chi connectivity index (χ0n) is 17.0. The molecule has 28 heavy (non-hydrogen) atoms. The molecule has 6 heteroatoms. The van der Waals surface area contributed by atoms with Gasteiger partial charge in [0.25, 0.3) is 0 Å². The number of nitrogens with zero attached hydrogens (tertiary/aromatic N) is 1. The van der Waals surface area contributed by atoms with Gasteiger partial charge in [-0.1, -0.05) is 24.3 Å². The summed E-state index contributed by atoms with van der Waals surface area (Å²) in [4.78, 5) is 25.9. The number of benzene rings is 2. The molecule has 2 aromatic carbocycles. The molecule has 0 saturated carbocycles. The normalized spacial score (nSPS) is 10.6. The fourth-order valence-electron chi connectivity index (χ4n) is 2.75. The van der Waals surface area contributed by atoms with E-state index >= 15 is 0 Å². The van der Waals surface area contributed by atoms with Gasteiger partial charge in [0.05, 0.1) is 25.8 Å². The summed E-state index contributed by atoms with van der Waals surface area (Å²) in [5.41, 5.74) is 3.02. The number of hydrogen-bond donors (Lipinski definition) is 1. The number of para-hydroxylation sites is 1. The molecule has 1 amide bonds. The Kier molecular flexibility index (Phi) is 8.02. The Labute approximate surface area is 166 Å². The average molecular weight is 384 g/mol. The van der Waals surface area contributed by atoms with Gasteiger partial charge in [0, 0.05) is 12.2 Å². The molecule has 0 unspecified atom stereocenters. The van der Waals surface area contributed by atoms with Crippen LogP contribution in [-0.4, -0.2) is 50.6 Å². The number of ether oxygens (including phenoxy) is 2. The molecule has 0 heterocycles. The SMILES string of the molecule is COC(=O)c1ccc(C)c(NC(=O)CN(C)CCCOc2ccccc2C)c1. The average Bonchev–Trinajstić information content (AvgIpc) is 2.67. The molecule has 0 radical (unpaired) electrons. The lowest BCUT2D eigenvalue weighted by molar-refractivity contribution is -0.117. The van der Waals surface area contributed by atoms with E-state index in [0.29, 0.717) is 17.9 Å². The van der Waals surface area contributed by atoms with Crippen LogP contribution in [0.4, 0.5) is 5.69 Å². The van der Waals surface area contributed by atoms with Crippen molar-refractivity contribution < 1.29 is 19.1 Å². The minimum atomic E-state index is -0.429. The second-order valence-corrected chi connectivity index (χ2v) is 6.77. The summed E-state index contributed by atoms with van der Waals surface area (Å²) in [5.74, 6) is 0.331. The van der Waals surface area contributed by atoms with Crippen LogP contribution in [0.5, 0.6) is 5.75 Å². The van der Waals surface area contributed by atoms with Crippen molar-refractivity contribution in [3.05, 3.63) is 59.2 Å². The van der Waals surface area contributed by atoms with E-state index < -0.39 is 5.97 Å². The summed E-state index contributed by atoms with van der Waals surface area (Å²) >= 11 is 0. The number of methoxy groups -OCH3 is 1. The predicted molar refractivity (Wildman–Crippen MR) is 110 cm³/mol. The van der Waals surface area contributed by atoms with Crippen LogP contribution in [0.2, 0.25) is 0 Å². The van der Waals surface area contributed by atoms with Crippen LogP contribution in [0.3, 0.4) is 0 Å². The molecule has 2 aromatic rings. The third-order valence-corrected chi connectivity index (χ3v) is 4.38. The first-order valence-electron chi connectivity index (χ1n) is 9.26. The summed E-state index contributed by atoms with van der Waals surface area (Å²) in [6.07, 6.45) is 0.814. The number of aryl methyl sites for hydroxylation is 2. The van der Waals surface area contributed by atoms with Gasteiger partial charge in [0.1, 0.15) is 5.75 Å². The Morgan fingerprint density at radius 1 is 1.07 bits per heavy atom. The number of carbonyl (C=O) groups excluding carboxylic acids is 2. The van der Waals surface area contributed by atoms with Gasteiger partial charge in [0.2, 0.25) is 5.91 Å². The third kappa shape index (κ3) is 6.39. The fourth-order valence-corrected chi connectivity index (χ4v) is 2.75. The minimum Gasteiger partial charge on any atom is -0.493 e. The van der Waals surface area contributed by atoms with E-state index in [0.717, 1.165) is 29.8 Å². The van der Waals surface area contributed by atoms with Crippen molar-refractivity contribution in [2.75, 3.05) is 39.2 Å². The lowest BCUT2D eigenvalue weighted by Gasteiger charge is -2.17. The van der Waals surface area contributed by atoms with E-state index in [4.69, 9.17) is 9.47 Å². The molecule has 0 aliphatic heterocycles. The molecule has 0 saturated heterocycles. The zero-order chi connectivity index (χ0) is 20.5. The maximum Gasteiger partial charge on any atom is 0.337 e. The summed E-state index contributed by atoms with van der Waals surface area (Å²) < 4.78 is 10.5. The summed E-state index contributed by atoms with van der Waals surface area (Å²) in [7, 11) is 3.23. The van der Waals surface area contributed by atoms with Gasteiger partial charge < -0.3 is 14.8 Å². The number of esters is 1. The van der Waals surface area contributed by atoms with E-state index in [9.17, 15) is 9.59 Å². The molecule has 0 aliphatic carbocycles. The van der Waals surface area contributed by atoms with E-state index in [-0.39, 0.29) is 12.5 Å². The van der Waals surface area contributed by atoms with Crippen molar-refractivity contribution in [1.82, 2.24) is 4.90 Å². The van der Waals surface area contributed by atoms with Crippen molar-refractivity contribution in [3.63, 3.8) is 0 Å². The molecule has 0 aliphatic rings. The highest BCUT2D eigenvalue weighted by molar-refractivity contribution is 5.96. The third-order valence-electron chi connectivity index (χ3n) is 4.38. The van der Waals surface area contributed by atoms with Crippen LogP contribution in [-0.2, 0) is 9.53 Å². The van der Waals surface area contributed by atoms with Crippen LogP contribution < -0.4 is 10.1 Å². The largest absolute Gasteiger partial charge is 0.493 e. The highest BCUT2D eigenvalue weighted by atomic mass is 16.5. The van der Waals surface area contributed by atoms with Crippen molar-refractivity contribution in [1.29, 1.82) is 0 Å². The zero-order valence-corrected chi connectivity index (χ0v) is 17.0. The molecule has 0 spiro atoms. The van der Waals surface area contributed by atoms with Gasteiger partial charge in [-0.25, -0.2) is 4.79 Å². The van der Waals surface area contributed by atoms with Crippen LogP contribution in [0.25, 0.3) is 0 Å². The van der Waals surface area contributed by atoms with Gasteiger partial charge >= 0.3 is 5.97 Å². The number of likely N-dealkylation sites (N-methyl/N-ethyl adjacent to an activating group) is 1. The Morgan fingerprint density at radius 2 is 1.82 bits per heavy atom. The van der Waals surface area contributed by atoms with Crippen molar-refractivity contribution in [3.8, 4) is 5.75 Å². The Bertz CT molecular complexity index is 820. The molecule has 0 aromatic heterocycles. The number of hydrogen-bond acceptors (Lipinski definition) is 5. The first-order valence-corrected chi connectivity index (χ1v) is 9.26. The molecule has 0 bridgehead atoms. The van der Waals surface area contributed by atoms with Crippen LogP contribution in [0.15, 0.2) is 42.5 Å². The maximum atomic E-state index is 12.3. The number of amides is 1. The van der Waals surface area contributed by atoms with E-state index in [2.05, 4.69) is 5.32 Å². The molecule has 150 valence electrons. The van der Waals surface area contributed by atoms with E-state index in [1.165, 1.54) is 7.11 Å². The standard InChI is InChI=1S/C22H28N2O4/c1-16-10-11-18(22(26)27-4)14-19(16)23-21(25)15-24(3)12-7-13-28-20-9-6-5-8-17(20)2/h5-6,8-11,14H,7,12-13,15H2,1-4H3,(H,23,25). The smallest absolute Gasteiger partial charge is 0.337 e. The predicted octanol–water partition coefficient (Wildman–Crippen LogP) is 3.43. The van der Waals surface area contributed by atoms with E-state index in [1.54, 1.807) is 18.2 Å². The van der Waals surface area contributed by atoms with Gasteiger partial charge in [0.15, 0.2) is 0 Å². The second kappa shape index (κ2) is 10.5. The van der Waals surface area contributed by atoms with Gasteiger partial charge in [-0.05, 0) is 56.6 Å². The Hall–Kier alpha value is -2.86. The van der Waals surface area contributed by atoms with Crippen molar-refractivity contribution in [2.24, 2.45) is 0 Å². The van der Waals surface area contributed by atoms with Crippen LogP contribution in [0, 0.1) is 13.8 Å². The van der Waals surface area contributed by atoms with Gasteiger partial charge in [-0.2, -0.15) is 0 Å². The quantitative estimate of drug-likeness (QED) is 0.530. The minimum absolute atomic E-state index is 0.132. The first-order chi connectivity index (χ1) is 13.4. The van der Waals surface area contributed by atoms with Gasteiger partial charge in [-0.15, -0.1) is 0 Å². The topological polar surface area (TPSA) is 67.9 Å². The summed E-state index contributed by atoms with van der Waals surface area (Å²) in [5, 5.41) is 2.86. The van der Waals surface area contributed by atoms with Crippen molar-refractivity contribution >= 4 is 17.6 Å². The number of nitrogens with one attached hydrogen (secondary N) is 1. The molecule has 6 nitrogen and oxygen atoms in total. The Balaban J connectivity index is 1.78. The van der Waals surface area contributed by atoms with Gasteiger partial charge in [-0.3, -0.25) is 9.69 Å². The molecule has 1 N–H and O–H groups in total. The molecular weight excluding hydrogens is 356 g/mol. The monoisotopic (exact) mass is 384 g/mol. The maximum absolute atomic E-state index is 12.3.